The van der Waals surface area contributed by atoms with Gasteiger partial charge in [-0.3, -0.25) is 4.79 Å². The van der Waals surface area contributed by atoms with Crippen LogP contribution in [0.25, 0.3) is 0 Å². The highest BCUT2D eigenvalue weighted by molar-refractivity contribution is 6.00. The number of methoxy groups -OCH3 is 1. The van der Waals surface area contributed by atoms with Crippen LogP contribution in [0.4, 0.5) is 4.79 Å². The molecule has 0 radical (unpaired) electrons. The summed E-state index contributed by atoms with van der Waals surface area (Å²) in [6.45, 7) is 1.87. The highest BCUT2D eigenvalue weighted by Crippen LogP contribution is 2.55. The van der Waals surface area contributed by atoms with Crippen molar-refractivity contribution in [1.29, 1.82) is 0 Å². The van der Waals surface area contributed by atoms with Crippen molar-refractivity contribution in [3.63, 3.8) is 0 Å². The van der Waals surface area contributed by atoms with Crippen LogP contribution in [0.1, 0.15) is 57.4 Å². The molecule has 2 N–H and O–H groups in total. The zero-order chi connectivity index (χ0) is 21.1. The second-order valence-electron chi connectivity index (χ2n) is 9.31. The normalized spacial score (nSPS) is 29.4. The fraction of sp³-hybridized carbons (Fsp3) is 0.609. The number of carbonyl (C=O) groups is 2. The Morgan fingerprint density at radius 1 is 1.07 bits per heavy atom. The zero-order valence-electron chi connectivity index (χ0n) is 17.8. The van der Waals surface area contributed by atoms with E-state index in [1.54, 1.807) is 26.2 Å². The van der Waals surface area contributed by atoms with E-state index in [-0.39, 0.29) is 24.5 Å². The minimum Gasteiger partial charge on any atom is -0.497 e. The van der Waals surface area contributed by atoms with Gasteiger partial charge in [-0.05, 0) is 80.9 Å². The molecule has 7 heteroatoms. The van der Waals surface area contributed by atoms with E-state index >= 15 is 0 Å². The summed E-state index contributed by atoms with van der Waals surface area (Å²) in [5, 5.41) is 7.33. The number of rotatable bonds is 7. The predicted octanol–water partition coefficient (Wildman–Crippen LogP) is 3.77. The maximum atomic E-state index is 12.6. The molecule has 4 aliphatic rings. The Balaban J connectivity index is 1.21. The summed E-state index contributed by atoms with van der Waals surface area (Å²) in [6, 6.07) is 7.27. The molecule has 1 aromatic rings. The van der Waals surface area contributed by atoms with E-state index in [4.69, 9.17) is 9.47 Å². The van der Waals surface area contributed by atoms with Crippen molar-refractivity contribution >= 4 is 17.7 Å². The molecule has 4 fully saturated rings. The molecule has 7 nitrogen and oxygen atoms in total. The van der Waals surface area contributed by atoms with Crippen LogP contribution in [0, 0.1) is 17.8 Å². The molecule has 4 bridgehead atoms. The van der Waals surface area contributed by atoms with Gasteiger partial charge in [-0.25, -0.2) is 10.2 Å². The van der Waals surface area contributed by atoms with Crippen molar-refractivity contribution in [2.45, 2.75) is 64.0 Å². The summed E-state index contributed by atoms with van der Waals surface area (Å²) in [7, 11) is 1.60. The molecule has 4 saturated carbocycles. The van der Waals surface area contributed by atoms with Gasteiger partial charge in [0.15, 0.2) is 0 Å². The van der Waals surface area contributed by atoms with Crippen molar-refractivity contribution < 1.29 is 19.1 Å². The van der Waals surface area contributed by atoms with E-state index in [0.29, 0.717) is 5.71 Å². The number of nitrogens with zero attached hydrogens (tertiary/aromatic N) is 1. The third-order valence-electron chi connectivity index (χ3n) is 6.73. The third kappa shape index (κ3) is 4.94. The highest BCUT2D eigenvalue weighted by Gasteiger charge is 2.51. The molecule has 0 saturated heterocycles. The van der Waals surface area contributed by atoms with Crippen LogP contribution in [0.5, 0.6) is 5.75 Å². The third-order valence-corrected chi connectivity index (χ3v) is 6.73. The summed E-state index contributed by atoms with van der Waals surface area (Å²) >= 11 is 0. The molecule has 0 unspecified atom stereocenters. The standard InChI is InChI=1S/C23H31N3O4/c1-15(25-26-22(28)30-14-16-3-5-20(29-2)6-4-16)7-21(27)24-23-11-17-8-18(12-23)10-19(9-17)13-23/h3-6,17-19H,7-14H2,1-2H3,(H,24,27)(H,26,28)/b25-15+. The van der Waals surface area contributed by atoms with Gasteiger partial charge >= 0.3 is 6.09 Å². The molecule has 0 aliphatic heterocycles. The first kappa shape index (κ1) is 20.7. The first-order valence-electron chi connectivity index (χ1n) is 10.8. The Bertz CT molecular complexity index is 783. The van der Waals surface area contributed by atoms with Gasteiger partial charge in [0, 0.05) is 11.3 Å². The lowest BCUT2D eigenvalue weighted by Gasteiger charge is -2.56. The van der Waals surface area contributed by atoms with E-state index in [1.165, 1.54) is 19.3 Å². The Labute approximate surface area is 177 Å². The average molecular weight is 414 g/mol. The second kappa shape index (κ2) is 8.66. The lowest BCUT2D eigenvalue weighted by atomic mass is 9.53. The molecule has 162 valence electrons. The lowest BCUT2D eigenvalue weighted by molar-refractivity contribution is -0.125. The van der Waals surface area contributed by atoms with Gasteiger partial charge in [-0.1, -0.05) is 12.1 Å². The molecule has 0 heterocycles. The molecule has 0 spiro atoms. The summed E-state index contributed by atoms with van der Waals surface area (Å²) < 4.78 is 10.2. The van der Waals surface area contributed by atoms with E-state index in [0.717, 1.165) is 48.3 Å². The molecule has 30 heavy (non-hydrogen) atoms. The van der Waals surface area contributed by atoms with E-state index in [9.17, 15) is 9.59 Å². The van der Waals surface area contributed by atoms with E-state index in [2.05, 4.69) is 15.8 Å². The van der Waals surface area contributed by atoms with Crippen LogP contribution in [-0.4, -0.2) is 30.4 Å². The smallest absolute Gasteiger partial charge is 0.428 e. The minimum absolute atomic E-state index is 0.00314. The number of carbonyl (C=O) groups excluding carboxylic acids is 2. The first-order chi connectivity index (χ1) is 14.4. The number of nitrogens with one attached hydrogen (secondary N) is 2. The first-order valence-corrected chi connectivity index (χ1v) is 10.8. The number of hydrogen-bond acceptors (Lipinski definition) is 5. The van der Waals surface area contributed by atoms with Crippen LogP contribution in [0.15, 0.2) is 29.4 Å². The van der Waals surface area contributed by atoms with Gasteiger partial charge in [0.2, 0.25) is 5.91 Å². The maximum absolute atomic E-state index is 12.6. The van der Waals surface area contributed by atoms with Gasteiger partial charge in [0.1, 0.15) is 12.4 Å². The number of hydrogen-bond donors (Lipinski definition) is 2. The van der Waals surface area contributed by atoms with Gasteiger partial charge in [0.05, 0.1) is 13.5 Å². The molecule has 4 aliphatic carbocycles. The van der Waals surface area contributed by atoms with Crippen molar-refractivity contribution in [1.82, 2.24) is 10.7 Å². The molecule has 5 rings (SSSR count). The SMILES string of the molecule is COc1ccc(COC(=O)N/N=C(\C)CC(=O)NC23CC4CC(CC(C4)C2)C3)cc1. The molecule has 0 aromatic heterocycles. The maximum Gasteiger partial charge on any atom is 0.428 e. The van der Waals surface area contributed by atoms with Gasteiger partial charge in [-0.2, -0.15) is 5.10 Å². The van der Waals surface area contributed by atoms with Gasteiger partial charge in [-0.15, -0.1) is 0 Å². The number of ether oxygens (including phenoxy) is 2. The summed E-state index contributed by atoms with van der Waals surface area (Å²) in [5.41, 5.74) is 3.76. The summed E-state index contributed by atoms with van der Waals surface area (Å²) in [4.78, 5) is 24.5. The largest absolute Gasteiger partial charge is 0.497 e. The summed E-state index contributed by atoms with van der Waals surface area (Å²) in [5.74, 6) is 3.09. The lowest BCUT2D eigenvalue weighted by Crippen LogP contribution is -2.60. The van der Waals surface area contributed by atoms with Gasteiger partial charge in [0.25, 0.3) is 0 Å². The van der Waals surface area contributed by atoms with E-state index in [1.807, 2.05) is 12.1 Å². The molecule has 1 aromatic carbocycles. The summed E-state index contributed by atoms with van der Waals surface area (Å²) in [6.07, 6.45) is 6.94. The van der Waals surface area contributed by atoms with Crippen LogP contribution < -0.4 is 15.5 Å². The number of benzene rings is 1. The Kier molecular flexibility index (Phi) is 5.97. The van der Waals surface area contributed by atoms with Crippen LogP contribution >= 0.6 is 0 Å². The highest BCUT2D eigenvalue weighted by atomic mass is 16.6. The topological polar surface area (TPSA) is 89.0 Å². The molecular weight excluding hydrogens is 382 g/mol. The Morgan fingerprint density at radius 2 is 1.67 bits per heavy atom. The van der Waals surface area contributed by atoms with Crippen molar-refractivity contribution in [3.8, 4) is 5.75 Å². The van der Waals surface area contributed by atoms with Gasteiger partial charge < -0.3 is 14.8 Å². The van der Waals surface area contributed by atoms with Crippen molar-refractivity contribution in [3.05, 3.63) is 29.8 Å². The van der Waals surface area contributed by atoms with Crippen LogP contribution in [0.2, 0.25) is 0 Å². The zero-order valence-corrected chi connectivity index (χ0v) is 17.8. The molecule has 0 atom stereocenters. The van der Waals surface area contributed by atoms with Crippen molar-refractivity contribution in [2.24, 2.45) is 22.9 Å². The Morgan fingerprint density at radius 3 is 2.23 bits per heavy atom. The van der Waals surface area contributed by atoms with Crippen LogP contribution in [-0.2, 0) is 16.1 Å². The quantitative estimate of drug-likeness (QED) is 0.526. The Hall–Kier alpha value is -2.57. The fourth-order valence-corrected chi connectivity index (χ4v) is 5.92. The number of hydrazone groups is 1. The predicted molar refractivity (Wildman–Crippen MR) is 113 cm³/mol. The average Bonchev–Trinajstić information content (AvgIpc) is 2.69. The van der Waals surface area contributed by atoms with Crippen LogP contribution in [0.3, 0.4) is 0 Å². The molecular formula is C23H31N3O4. The monoisotopic (exact) mass is 413 g/mol. The van der Waals surface area contributed by atoms with Crippen molar-refractivity contribution in [2.75, 3.05) is 7.11 Å². The fourth-order valence-electron chi connectivity index (χ4n) is 5.92. The molecule has 2 amide bonds. The second-order valence-corrected chi connectivity index (χ2v) is 9.31. The van der Waals surface area contributed by atoms with E-state index < -0.39 is 6.09 Å². The number of amides is 2. The minimum atomic E-state index is -0.647.